The number of carbonyl (C=O) groups excluding carboxylic acids is 1. The van der Waals surface area contributed by atoms with Crippen LogP contribution in [0.5, 0.6) is 23.1 Å². The fourth-order valence-electron chi connectivity index (χ4n) is 4.07. The Hall–Kier alpha value is -4.44. The molecule has 0 radical (unpaired) electrons. The van der Waals surface area contributed by atoms with Gasteiger partial charge in [0.25, 0.3) is 0 Å². The number of benzene rings is 2. The number of rotatable bonds is 9. The first kappa shape index (κ1) is 24.3. The van der Waals surface area contributed by atoms with E-state index in [4.69, 9.17) is 9.47 Å². The van der Waals surface area contributed by atoms with Crippen molar-refractivity contribution in [1.82, 2.24) is 30.0 Å². The van der Waals surface area contributed by atoms with Gasteiger partial charge in [-0.3, -0.25) is 9.89 Å². The van der Waals surface area contributed by atoms with Crippen LogP contribution in [-0.2, 0) is 4.79 Å². The molecule has 1 aliphatic rings. The number of anilines is 1. The summed E-state index contributed by atoms with van der Waals surface area (Å²) in [5.41, 5.74) is 0.564. The molecule has 1 fully saturated rings. The molecule has 2 N–H and O–H groups in total. The molecule has 10 heteroatoms. The molecule has 37 heavy (non-hydrogen) atoms. The summed E-state index contributed by atoms with van der Waals surface area (Å²) in [6.45, 7) is 2.00. The first-order valence-corrected chi connectivity index (χ1v) is 12.1. The molecule has 1 aliphatic heterocycles. The summed E-state index contributed by atoms with van der Waals surface area (Å²) >= 11 is 0. The first-order valence-electron chi connectivity index (χ1n) is 12.1. The van der Waals surface area contributed by atoms with Crippen LogP contribution in [0, 0.1) is 0 Å². The minimum absolute atomic E-state index is 0.0186. The quantitative estimate of drug-likeness (QED) is 0.332. The van der Waals surface area contributed by atoms with Crippen molar-refractivity contribution in [1.29, 1.82) is 0 Å². The Morgan fingerprint density at radius 1 is 1.08 bits per heavy atom. The smallest absolute Gasteiger partial charge is 0.246 e. The number of carbonyl (C=O) groups is 1. The fraction of sp³-hybridized carbons (Fsp3) is 0.259. The molecule has 0 aliphatic carbocycles. The van der Waals surface area contributed by atoms with E-state index in [-0.39, 0.29) is 11.9 Å². The van der Waals surface area contributed by atoms with Gasteiger partial charge < -0.3 is 24.6 Å². The standard InChI is InChI=1S/C27H29N7O3/c1-33(2)15-6-9-23(35)34-16-14-19(17-34)30-26-24-25(31-32-26)28-18-29-27(24)37-22-12-10-21(11-13-22)36-20-7-4-3-5-8-20/h3-13,18-19H,14-17H2,1-2H3,(H2,28,29,30,31,32)/b9-6+. The number of nitrogens with zero attached hydrogens (tertiary/aromatic N) is 5. The third-order valence-corrected chi connectivity index (χ3v) is 5.91. The predicted molar refractivity (Wildman–Crippen MR) is 141 cm³/mol. The molecule has 2 aromatic carbocycles. The molecule has 3 heterocycles. The lowest BCUT2D eigenvalue weighted by molar-refractivity contribution is -0.125. The topological polar surface area (TPSA) is 109 Å². The van der Waals surface area contributed by atoms with Crippen LogP contribution in [-0.4, -0.2) is 75.6 Å². The number of H-pyrrole nitrogens is 1. The molecule has 2 aromatic heterocycles. The number of hydrogen-bond donors (Lipinski definition) is 2. The highest BCUT2D eigenvalue weighted by atomic mass is 16.5. The second-order valence-corrected chi connectivity index (χ2v) is 9.04. The van der Waals surface area contributed by atoms with Crippen molar-refractivity contribution < 1.29 is 14.3 Å². The summed E-state index contributed by atoms with van der Waals surface area (Å²) in [6.07, 6.45) is 5.77. The number of likely N-dealkylation sites (N-methyl/N-ethyl adjacent to an activating group) is 1. The van der Waals surface area contributed by atoms with E-state index in [1.165, 1.54) is 6.33 Å². The van der Waals surface area contributed by atoms with Crippen LogP contribution in [0.15, 0.2) is 73.1 Å². The molecule has 5 rings (SSSR count). The zero-order valence-electron chi connectivity index (χ0n) is 20.8. The van der Waals surface area contributed by atoms with Gasteiger partial charge in [0.2, 0.25) is 11.8 Å². The normalized spacial score (nSPS) is 15.5. The largest absolute Gasteiger partial charge is 0.457 e. The van der Waals surface area contributed by atoms with Crippen molar-refractivity contribution in [2.24, 2.45) is 0 Å². The molecule has 10 nitrogen and oxygen atoms in total. The lowest BCUT2D eigenvalue weighted by Crippen LogP contribution is -2.30. The van der Waals surface area contributed by atoms with E-state index in [0.29, 0.717) is 47.3 Å². The highest BCUT2D eigenvalue weighted by molar-refractivity contribution is 5.92. The van der Waals surface area contributed by atoms with Crippen molar-refractivity contribution in [3.05, 3.63) is 73.1 Å². The molecular formula is C27H29N7O3. The summed E-state index contributed by atoms with van der Waals surface area (Å²) in [7, 11) is 3.94. The Labute approximate surface area is 214 Å². The zero-order chi connectivity index (χ0) is 25.6. The number of fused-ring (bicyclic) bond motifs is 1. The lowest BCUT2D eigenvalue weighted by Gasteiger charge is -2.16. The van der Waals surface area contributed by atoms with Crippen molar-refractivity contribution in [2.45, 2.75) is 12.5 Å². The van der Waals surface area contributed by atoms with E-state index in [0.717, 1.165) is 18.7 Å². The summed E-state index contributed by atoms with van der Waals surface area (Å²) in [6, 6.07) is 17.0. The number of likely N-dealkylation sites (tertiary alicyclic amines) is 1. The van der Waals surface area contributed by atoms with Crippen molar-refractivity contribution >= 4 is 22.8 Å². The average molecular weight is 500 g/mol. The van der Waals surface area contributed by atoms with Gasteiger partial charge >= 0.3 is 0 Å². The molecule has 0 spiro atoms. The van der Waals surface area contributed by atoms with Crippen molar-refractivity contribution in [2.75, 3.05) is 39.0 Å². The average Bonchev–Trinajstić information content (AvgIpc) is 3.54. The van der Waals surface area contributed by atoms with Gasteiger partial charge in [-0.15, -0.1) is 0 Å². The Balaban J connectivity index is 1.25. The molecule has 1 unspecified atom stereocenters. The number of aromatic amines is 1. The Bertz CT molecular complexity index is 1370. The Morgan fingerprint density at radius 2 is 1.81 bits per heavy atom. The van der Waals surface area contributed by atoms with E-state index in [1.807, 2.05) is 84.6 Å². The van der Waals surface area contributed by atoms with Gasteiger partial charge in [0.05, 0.1) is 0 Å². The van der Waals surface area contributed by atoms with Crippen molar-refractivity contribution in [3.8, 4) is 23.1 Å². The lowest BCUT2D eigenvalue weighted by atomic mass is 10.2. The molecule has 1 amide bonds. The maximum atomic E-state index is 12.5. The van der Waals surface area contributed by atoms with Gasteiger partial charge in [-0.2, -0.15) is 5.10 Å². The summed E-state index contributed by atoms with van der Waals surface area (Å²) in [4.78, 5) is 25.0. The van der Waals surface area contributed by atoms with Crippen LogP contribution < -0.4 is 14.8 Å². The summed E-state index contributed by atoms with van der Waals surface area (Å²) < 4.78 is 12.0. The predicted octanol–water partition coefficient (Wildman–Crippen LogP) is 4.07. The SMILES string of the molecule is CN(C)C/C=C/C(=O)N1CCC(Nc2n[nH]c3ncnc(Oc4ccc(Oc5ccccc5)cc4)c23)C1. The van der Waals surface area contributed by atoms with Gasteiger partial charge in [-0.05, 0) is 56.9 Å². The maximum Gasteiger partial charge on any atom is 0.246 e. The van der Waals surface area contributed by atoms with Crippen LogP contribution in [0.3, 0.4) is 0 Å². The molecular weight excluding hydrogens is 470 g/mol. The van der Waals surface area contributed by atoms with E-state index < -0.39 is 0 Å². The minimum Gasteiger partial charge on any atom is -0.457 e. The number of para-hydroxylation sites is 1. The molecule has 0 saturated carbocycles. The number of ether oxygens (including phenoxy) is 2. The van der Waals surface area contributed by atoms with Crippen LogP contribution in [0.4, 0.5) is 5.82 Å². The second kappa shape index (κ2) is 11.1. The molecule has 4 aromatic rings. The summed E-state index contributed by atoms with van der Waals surface area (Å²) in [5.74, 6) is 3.07. The van der Waals surface area contributed by atoms with Gasteiger partial charge in [-0.1, -0.05) is 24.3 Å². The number of amides is 1. The number of nitrogens with one attached hydrogen (secondary N) is 2. The van der Waals surface area contributed by atoms with E-state index in [2.05, 4.69) is 25.5 Å². The van der Waals surface area contributed by atoms with Gasteiger partial charge in [0.1, 0.15) is 29.0 Å². The molecule has 190 valence electrons. The fourth-order valence-corrected chi connectivity index (χ4v) is 4.07. The monoisotopic (exact) mass is 499 g/mol. The van der Waals surface area contributed by atoms with Gasteiger partial charge in [0.15, 0.2) is 11.5 Å². The van der Waals surface area contributed by atoms with E-state index >= 15 is 0 Å². The highest BCUT2D eigenvalue weighted by Crippen LogP contribution is 2.33. The van der Waals surface area contributed by atoms with Crippen LogP contribution in [0.2, 0.25) is 0 Å². The number of hydrogen-bond acceptors (Lipinski definition) is 8. The van der Waals surface area contributed by atoms with Gasteiger partial charge in [-0.25, -0.2) is 9.97 Å². The van der Waals surface area contributed by atoms with E-state index in [9.17, 15) is 4.79 Å². The number of aromatic nitrogens is 4. The first-order chi connectivity index (χ1) is 18.0. The van der Waals surface area contributed by atoms with Gasteiger partial charge in [0, 0.05) is 31.8 Å². The highest BCUT2D eigenvalue weighted by Gasteiger charge is 2.27. The molecule has 1 atom stereocenters. The minimum atomic E-state index is 0.0186. The maximum absolute atomic E-state index is 12.5. The van der Waals surface area contributed by atoms with E-state index in [1.54, 1.807) is 6.08 Å². The molecule has 0 bridgehead atoms. The molecule has 1 saturated heterocycles. The second-order valence-electron chi connectivity index (χ2n) is 9.04. The third-order valence-electron chi connectivity index (χ3n) is 5.91. The summed E-state index contributed by atoms with van der Waals surface area (Å²) in [5, 5.41) is 11.4. The van der Waals surface area contributed by atoms with Crippen LogP contribution in [0.25, 0.3) is 11.0 Å². The van der Waals surface area contributed by atoms with Crippen LogP contribution >= 0.6 is 0 Å². The zero-order valence-corrected chi connectivity index (χ0v) is 20.8. The Morgan fingerprint density at radius 3 is 2.57 bits per heavy atom. The Kier molecular flexibility index (Phi) is 7.27. The van der Waals surface area contributed by atoms with Crippen molar-refractivity contribution in [3.63, 3.8) is 0 Å². The van der Waals surface area contributed by atoms with Crippen LogP contribution in [0.1, 0.15) is 6.42 Å². The third kappa shape index (κ3) is 6.04.